The highest BCUT2D eigenvalue weighted by molar-refractivity contribution is 5.97. The van der Waals surface area contributed by atoms with E-state index in [1.165, 1.54) is 66.4 Å². The average Bonchev–Trinajstić information content (AvgIpc) is 3.69. The predicted molar refractivity (Wildman–Crippen MR) is 189 cm³/mol. The molecule has 0 fully saturated rings. The van der Waals surface area contributed by atoms with Gasteiger partial charge >= 0.3 is 0 Å². The summed E-state index contributed by atoms with van der Waals surface area (Å²) in [5, 5.41) is 2.57. The zero-order valence-corrected chi connectivity index (χ0v) is 25.0. The van der Waals surface area contributed by atoms with Crippen molar-refractivity contribution < 1.29 is 0 Å². The Balaban J connectivity index is 1.31. The van der Waals surface area contributed by atoms with E-state index in [0.717, 1.165) is 0 Å². The molecule has 1 unspecified atom stereocenters. The molecule has 0 bridgehead atoms. The number of fused-ring (bicyclic) bond motifs is 5. The van der Waals surface area contributed by atoms with Gasteiger partial charge in [-0.2, -0.15) is 0 Å². The second kappa shape index (κ2) is 10.3. The third-order valence-corrected chi connectivity index (χ3v) is 10.3. The van der Waals surface area contributed by atoms with Crippen LogP contribution in [0.3, 0.4) is 0 Å². The van der Waals surface area contributed by atoms with E-state index in [2.05, 4.69) is 182 Å². The van der Waals surface area contributed by atoms with E-state index in [4.69, 9.17) is 0 Å². The first-order valence-electron chi connectivity index (χ1n) is 15.9. The second-order valence-corrected chi connectivity index (χ2v) is 12.4. The van der Waals surface area contributed by atoms with Crippen molar-refractivity contribution >= 4 is 16.8 Å². The topological polar surface area (TPSA) is 0 Å². The van der Waals surface area contributed by atoms with Crippen molar-refractivity contribution in [3.63, 3.8) is 0 Å². The first kappa shape index (κ1) is 26.0. The van der Waals surface area contributed by atoms with Crippen molar-refractivity contribution in [2.75, 3.05) is 0 Å². The van der Waals surface area contributed by atoms with Gasteiger partial charge in [-0.1, -0.05) is 176 Å². The van der Waals surface area contributed by atoms with Crippen LogP contribution in [0.25, 0.3) is 39.1 Å². The first-order valence-corrected chi connectivity index (χ1v) is 15.9. The fraction of sp³-hybridized carbons (Fsp3) is 0.0667. The van der Waals surface area contributed by atoms with Gasteiger partial charge in [0.2, 0.25) is 0 Å². The lowest BCUT2D eigenvalue weighted by molar-refractivity contribution is 0.417. The minimum absolute atomic E-state index is 0.128. The Labute approximate surface area is 265 Å². The van der Waals surface area contributed by atoms with Gasteiger partial charge < -0.3 is 0 Å². The number of benzene rings is 7. The Morgan fingerprint density at radius 3 is 1.67 bits per heavy atom. The monoisotopic (exact) mass is 572 g/mol. The van der Waals surface area contributed by atoms with E-state index in [0.29, 0.717) is 0 Å². The molecule has 0 radical (unpaired) electrons. The van der Waals surface area contributed by atoms with Crippen LogP contribution in [0.5, 0.6) is 0 Å². The highest BCUT2D eigenvalue weighted by Crippen LogP contribution is 2.62. The molecule has 9 rings (SSSR count). The van der Waals surface area contributed by atoms with E-state index in [1.54, 1.807) is 0 Å². The van der Waals surface area contributed by atoms with Gasteiger partial charge in [0.15, 0.2) is 0 Å². The molecule has 0 N–H and O–H groups in total. The third-order valence-electron chi connectivity index (χ3n) is 10.3. The summed E-state index contributed by atoms with van der Waals surface area (Å²) in [5.74, 6) is 0.260. The SMILES string of the molecule is C1=CC(C(c2ccccc2)(c2ccccc2)C2c3ccccc3-c3ccccc32)c2ccc(-c3cccc4ccccc34)cc21. The number of hydrogen-bond acceptors (Lipinski definition) is 0. The van der Waals surface area contributed by atoms with Crippen molar-refractivity contribution in [3.05, 3.63) is 209 Å². The summed E-state index contributed by atoms with van der Waals surface area (Å²) in [4.78, 5) is 0. The van der Waals surface area contributed by atoms with E-state index in [9.17, 15) is 0 Å². The minimum atomic E-state index is -0.381. The molecule has 1 atom stereocenters. The summed E-state index contributed by atoms with van der Waals surface area (Å²) in [5.41, 5.74) is 13.0. The van der Waals surface area contributed by atoms with Crippen molar-refractivity contribution in [1.82, 2.24) is 0 Å². The van der Waals surface area contributed by atoms with Crippen molar-refractivity contribution in [2.24, 2.45) is 0 Å². The molecule has 0 saturated heterocycles. The molecule has 2 aliphatic carbocycles. The molecule has 7 aromatic carbocycles. The molecule has 7 aromatic rings. The lowest BCUT2D eigenvalue weighted by Gasteiger charge is -2.46. The highest BCUT2D eigenvalue weighted by Gasteiger charge is 2.53. The summed E-state index contributed by atoms with van der Waals surface area (Å²) in [6.45, 7) is 0. The quantitative estimate of drug-likeness (QED) is 0.192. The van der Waals surface area contributed by atoms with Crippen molar-refractivity contribution in [2.45, 2.75) is 17.3 Å². The molecule has 0 heterocycles. The fourth-order valence-electron chi connectivity index (χ4n) is 8.46. The summed E-state index contributed by atoms with van der Waals surface area (Å²) in [6, 6.07) is 63.2. The number of rotatable bonds is 5. The second-order valence-electron chi connectivity index (χ2n) is 12.4. The van der Waals surface area contributed by atoms with Gasteiger partial charge in [0.25, 0.3) is 0 Å². The van der Waals surface area contributed by atoms with Crippen molar-refractivity contribution in [3.8, 4) is 22.3 Å². The van der Waals surface area contributed by atoms with Crippen LogP contribution in [-0.4, -0.2) is 0 Å². The summed E-state index contributed by atoms with van der Waals surface area (Å²) in [6.07, 6.45) is 4.86. The molecule has 0 heteroatoms. The molecule has 45 heavy (non-hydrogen) atoms. The molecule has 212 valence electrons. The number of allylic oxidation sites excluding steroid dienone is 1. The summed E-state index contributed by atoms with van der Waals surface area (Å²) in [7, 11) is 0. The van der Waals surface area contributed by atoms with Gasteiger partial charge in [0.1, 0.15) is 0 Å². The number of hydrogen-bond donors (Lipinski definition) is 0. The Morgan fingerprint density at radius 2 is 0.978 bits per heavy atom. The van der Waals surface area contributed by atoms with E-state index in [1.807, 2.05) is 0 Å². The minimum Gasteiger partial charge on any atom is -0.0751 e. The molecule has 0 aliphatic heterocycles. The van der Waals surface area contributed by atoms with Gasteiger partial charge in [-0.15, -0.1) is 0 Å². The van der Waals surface area contributed by atoms with Crippen LogP contribution < -0.4 is 0 Å². The maximum atomic E-state index is 2.49. The molecular formula is C45H32. The predicted octanol–water partition coefficient (Wildman–Crippen LogP) is 11.4. The lowest BCUT2D eigenvalue weighted by Crippen LogP contribution is -2.40. The first-order chi connectivity index (χ1) is 22.3. The lowest BCUT2D eigenvalue weighted by atomic mass is 9.55. The molecule has 0 aromatic heterocycles. The summed E-state index contributed by atoms with van der Waals surface area (Å²) < 4.78 is 0. The molecule has 2 aliphatic rings. The van der Waals surface area contributed by atoms with Crippen LogP contribution in [0, 0.1) is 0 Å². The van der Waals surface area contributed by atoms with E-state index in [-0.39, 0.29) is 17.3 Å². The van der Waals surface area contributed by atoms with Crippen LogP contribution >= 0.6 is 0 Å². The van der Waals surface area contributed by atoms with Gasteiger partial charge in [0.05, 0.1) is 0 Å². The molecular weight excluding hydrogens is 540 g/mol. The van der Waals surface area contributed by atoms with Crippen molar-refractivity contribution in [1.29, 1.82) is 0 Å². The molecule has 0 nitrogen and oxygen atoms in total. The Kier molecular flexibility index (Phi) is 5.96. The maximum absolute atomic E-state index is 2.49. The van der Waals surface area contributed by atoms with E-state index >= 15 is 0 Å². The van der Waals surface area contributed by atoms with Crippen LogP contribution in [0.1, 0.15) is 45.2 Å². The summed E-state index contributed by atoms with van der Waals surface area (Å²) >= 11 is 0. The standard InChI is InChI=1S/C45H32/c1-3-16-34(17-4-1)45(35-18-5-2-6-19-35,44-41-23-11-9-21-39(41)40-22-10-12-24-42(40)44)43-29-27-33-30-32(26-28-38(33)43)37-25-13-15-31-14-7-8-20-36(31)37/h1-30,43-44H. The van der Waals surface area contributed by atoms with E-state index < -0.39 is 0 Å². The molecule has 0 amide bonds. The fourth-order valence-corrected chi connectivity index (χ4v) is 8.46. The Hall–Kier alpha value is -5.46. The Morgan fingerprint density at radius 1 is 0.422 bits per heavy atom. The smallest absolute Gasteiger partial charge is 0.0415 e. The van der Waals surface area contributed by atoms with Gasteiger partial charge in [-0.25, -0.2) is 0 Å². The highest BCUT2D eigenvalue weighted by atomic mass is 14.5. The Bertz CT molecular complexity index is 2130. The van der Waals surface area contributed by atoms with Gasteiger partial charge in [-0.3, -0.25) is 0 Å². The van der Waals surface area contributed by atoms with Gasteiger partial charge in [0, 0.05) is 17.3 Å². The third kappa shape index (κ3) is 3.85. The van der Waals surface area contributed by atoms with Gasteiger partial charge in [-0.05, 0) is 72.5 Å². The zero-order chi connectivity index (χ0) is 29.8. The largest absolute Gasteiger partial charge is 0.0751 e. The molecule has 0 saturated carbocycles. The normalized spacial score (nSPS) is 15.2. The van der Waals surface area contributed by atoms with Crippen LogP contribution in [0.15, 0.2) is 176 Å². The van der Waals surface area contributed by atoms with Crippen LogP contribution in [-0.2, 0) is 5.41 Å². The zero-order valence-electron chi connectivity index (χ0n) is 25.0. The van der Waals surface area contributed by atoms with Crippen LogP contribution in [0.2, 0.25) is 0 Å². The maximum Gasteiger partial charge on any atom is 0.0415 e. The van der Waals surface area contributed by atoms with Crippen LogP contribution in [0.4, 0.5) is 0 Å². The average molecular weight is 573 g/mol. The molecule has 0 spiro atoms.